The van der Waals surface area contributed by atoms with Gasteiger partial charge < -0.3 is 15.1 Å². The molecule has 2 heterocycles. The van der Waals surface area contributed by atoms with E-state index in [0.717, 1.165) is 31.9 Å². The minimum atomic E-state index is -0.275. The smallest absolute Gasteiger partial charge is 0.227 e. The number of halogens is 1. The van der Waals surface area contributed by atoms with E-state index in [1.54, 1.807) is 6.07 Å². The summed E-state index contributed by atoms with van der Waals surface area (Å²) in [5.41, 5.74) is 4.09. The lowest BCUT2D eigenvalue weighted by Gasteiger charge is -2.36. The van der Waals surface area contributed by atoms with Crippen LogP contribution in [0.2, 0.25) is 0 Å². The number of anilines is 4. The Morgan fingerprint density at radius 1 is 0.857 bits per heavy atom. The zero-order valence-corrected chi connectivity index (χ0v) is 16.2. The fourth-order valence-electron chi connectivity index (χ4n) is 3.46. The van der Waals surface area contributed by atoms with Crippen molar-refractivity contribution < 1.29 is 4.39 Å². The van der Waals surface area contributed by atoms with Crippen LogP contribution in [-0.2, 0) is 0 Å². The average Bonchev–Trinajstić information content (AvgIpc) is 2.68. The molecule has 6 heteroatoms. The maximum Gasteiger partial charge on any atom is 0.227 e. The Bertz CT molecular complexity index is 967. The molecule has 0 amide bonds. The number of nitrogens with zero attached hydrogens (tertiary/aromatic N) is 4. The standard InChI is InChI=1S/C22H24FN5/c1-16-5-3-8-20(13-16)27-9-11-28(12-10-27)22-24-17(2)14-21(26-22)25-19-7-4-6-18(23)15-19/h3-8,13-15H,9-12H2,1-2H3,(H,24,25,26). The normalized spacial score (nSPS) is 14.2. The first kappa shape index (κ1) is 18.2. The van der Waals surface area contributed by atoms with Crippen LogP contribution in [0.3, 0.4) is 0 Å². The molecule has 3 aromatic rings. The predicted molar refractivity (Wildman–Crippen MR) is 112 cm³/mol. The SMILES string of the molecule is Cc1cccc(N2CCN(c3nc(C)cc(Nc4cccc(F)c4)n3)CC2)c1. The molecule has 1 N–H and O–H groups in total. The lowest BCUT2D eigenvalue weighted by atomic mass is 10.2. The lowest BCUT2D eigenvalue weighted by Crippen LogP contribution is -2.47. The van der Waals surface area contributed by atoms with Gasteiger partial charge in [-0.2, -0.15) is 4.98 Å². The summed E-state index contributed by atoms with van der Waals surface area (Å²) in [6, 6.07) is 16.9. The summed E-state index contributed by atoms with van der Waals surface area (Å²) in [4.78, 5) is 13.9. The van der Waals surface area contributed by atoms with Crippen molar-refractivity contribution in [3.05, 3.63) is 71.7 Å². The van der Waals surface area contributed by atoms with Crippen LogP contribution in [-0.4, -0.2) is 36.1 Å². The number of hydrogen-bond donors (Lipinski definition) is 1. The molecule has 0 spiro atoms. The minimum Gasteiger partial charge on any atom is -0.368 e. The molecule has 0 atom stereocenters. The van der Waals surface area contributed by atoms with E-state index in [1.807, 2.05) is 19.1 Å². The molecule has 28 heavy (non-hydrogen) atoms. The first-order chi connectivity index (χ1) is 13.6. The molecule has 1 saturated heterocycles. The predicted octanol–water partition coefficient (Wildman–Crippen LogP) is 4.30. The molecule has 1 aromatic heterocycles. The van der Waals surface area contributed by atoms with Gasteiger partial charge in [0.2, 0.25) is 5.95 Å². The second-order valence-electron chi connectivity index (χ2n) is 7.14. The summed E-state index contributed by atoms with van der Waals surface area (Å²) in [6.45, 7) is 7.63. The van der Waals surface area contributed by atoms with E-state index >= 15 is 0 Å². The second kappa shape index (κ2) is 7.84. The molecule has 0 bridgehead atoms. The third-order valence-electron chi connectivity index (χ3n) is 4.87. The third kappa shape index (κ3) is 4.22. The molecule has 0 aliphatic carbocycles. The number of benzene rings is 2. The average molecular weight is 377 g/mol. The Morgan fingerprint density at radius 2 is 1.61 bits per heavy atom. The van der Waals surface area contributed by atoms with Crippen LogP contribution in [0.1, 0.15) is 11.3 Å². The first-order valence-corrected chi connectivity index (χ1v) is 9.52. The Labute approximate surface area is 164 Å². The Kier molecular flexibility index (Phi) is 5.10. The Hall–Kier alpha value is -3.15. The van der Waals surface area contributed by atoms with Gasteiger partial charge in [-0.15, -0.1) is 0 Å². The van der Waals surface area contributed by atoms with Gasteiger partial charge in [0, 0.05) is 49.3 Å². The highest BCUT2D eigenvalue weighted by Crippen LogP contribution is 2.22. The van der Waals surface area contributed by atoms with Gasteiger partial charge in [0.1, 0.15) is 11.6 Å². The topological polar surface area (TPSA) is 44.3 Å². The highest BCUT2D eigenvalue weighted by atomic mass is 19.1. The van der Waals surface area contributed by atoms with Crippen LogP contribution in [0.15, 0.2) is 54.6 Å². The highest BCUT2D eigenvalue weighted by molar-refractivity contribution is 5.58. The van der Waals surface area contributed by atoms with E-state index in [2.05, 4.69) is 56.3 Å². The van der Waals surface area contributed by atoms with Gasteiger partial charge in [-0.1, -0.05) is 18.2 Å². The Balaban J connectivity index is 1.47. The fourth-order valence-corrected chi connectivity index (χ4v) is 3.46. The zero-order valence-electron chi connectivity index (χ0n) is 16.2. The zero-order chi connectivity index (χ0) is 19.5. The van der Waals surface area contributed by atoms with Crippen molar-refractivity contribution >= 4 is 23.1 Å². The monoisotopic (exact) mass is 377 g/mol. The highest BCUT2D eigenvalue weighted by Gasteiger charge is 2.20. The maximum absolute atomic E-state index is 13.4. The molecule has 0 saturated carbocycles. The molecular formula is C22H24FN5. The molecule has 4 rings (SSSR count). The summed E-state index contributed by atoms with van der Waals surface area (Å²) in [7, 11) is 0. The third-order valence-corrected chi connectivity index (χ3v) is 4.87. The number of piperazine rings is 1. The van der Waals surface area contributed by atoms with E-state index in [0.29, 0.717) is 17.5 Å². The number of rotatable bonds is 4. The van der Waals surface area contributed by atoms with Crippen molar-refractivity contribution in [2.24, 2.45) is 0 Å². The fraction of sp³-hybridized carbons (Fsp3) is 0.273. The summed E-state index contributed by atoms with van der Waals surface area (Å²) in [5, 5.41) is 3.18. The summed E-state index contributed by atoms with van der Waals surface area (Å²) in [5.74, 6) is 1.11. The van der Waals surface area contributed by atoms with Crippen LogP contribution in [0, 0.1) is 19.7 Å². The van der Waals surface area contributed by atoms with Gasteiger partial charge in [-0.25, -0.2) is 9.37 Å². The van der Waals surface area contributed by atoms with E-state index in [9.17, 15) is 4.39 Å². The number of hydrogen-bond acceptors (Lipinski definition) is 5. The molecule has 5 nitrogen and oxygen atoms in total. The molecular weight excluding hydrogens is 353 g/mol. The van der Waals surface area contributed by atoms with Crippen molar-refractivity contribution in [3.63, 3.8) is 0 Å². The molecule has 144 valence electrons. The van der Waals surface area contributed by atoms with Crippen LogP contribution in [0.4, 0.5) is 27.5 Å². The molecule has 2 aromatic carbocycles. The summed E-state index contributed by atoms with van der Waals surface area (Å²) in [6.07, 6.45) is 0. The summed E-state index contributed by atoms with van der Waals surface area (Å²) >= 11 is 0. The van der Waals surface area contributed by atoms with Gasteiger partial charge in [-0.3, -0.25) is 0 Å². The van der Waals surface area contributed by atoms with Gasteiger partial charge in [0.15, 0.2) is 0 Å². The van der Waals surface area contributed by atoms with Crippen LogP contribution < -0.4 is 15.1 Å². The molecule has 1 aliphatic rings. The van der Waals surface area contributed by atoms with Gasteiger partial charge in [-0.05, 0) is 49.7 Å². The number of aromatic nitrogens is 2. The van der Waals surface area contributed by atoms with Gasteiger partial charge in [0.25, 0.3) is 0 Å². The van der Waals surface area contributed by atoms with Crippen molar-refractivity contribution in [2.45, 2.75) is 13.8 Å². The number of aryl methyl sites for hydroxylation is 2. The van der Waals surface area contributed by atoms with Crippen LogP contribution >= 0.6 is 0 Å². The lowest BCUT2D eigenvalue weighted by molar-refractivity contribution is 0.628. The Morgan fingerprint density at radius 3 is 2.36 bits per heavy atom. The largest absolute Gasteiger partial charge is 0.368 e. The molecule has 1 aliphatic heterocycles. The van der Waals surface area contributed by atoms with Gasteiger partial charge >= 0.3 is 0 Å². The van der Waals surface area contributed by atoms with Crippen LogP contribution in [0.25, 0.3) is 0 Å². The van der Waals surface area contributed by atoms with Crippen molar-refractivity contribution in [1.82, 2.24) is 9.97 Å². The summed E-state index contributed by atoms with van der Waals surface area (Å²) < 4.78 is 13.4. The van der Waals surface area contributed by atoms with Crippen LogP contribution in [0.5, 0.6) is 0 Å². The van der Waals surface area contributed by atoms with E-state index in [4.69, 9.17) is 0 Å². The second-order valence-corrected chi connectivity index (χ2v) is 7.14. The van der Waals surface area contributed by atoms with Gasteiger partial charge in [0.05, 0.1) is 0 Å². The minimum absolute atomic E-state index is 0.275. The van der Waals surface area contributed by atoms with Crippen molar-refractivity contribution in [1.29, 1.82) is 0 Å². The van der Waals surface area contributed by atoms with Crippen molar-refractivity contribution in [3.8, 4) is 0 Å². The maximum atomic E-state index is 13.4. The number of nitrogens with one attached hydrogen (secondary N) is 1. The van der Waals surface area contributed by atoms with E-state index < -0.39 is 0 Å². The van der Waals surface area contributed by atoms with E-state index in [1.165, 1.54) is 23.4 Å². The molecule has 0 radical (unpaired) electrons. The van der Waals surface area contributed by atoms with E-state index in [-0.39, 0.29) is 5.82 Å². The molecule has 1 fully saturated rings. The first-order valence-electron chi connectivity index (χ1n) is 9.52. The quantitative estimate of drug-likeness (QED) is 0.734. The molecule has 0 unspecified atom stereocenters. The van der Waals surface area contributed by atoms with Crippen molar-refractivity contribution in [2.75, 3.05) is 41.3 Å².